The fraction of sp³-hybridized carbons (Fsp3) is 0.763. The molecule has 0 aromatic heterocycles. The topological polar surface area (TPSA) is 95.1 Å². The van der Waals surface area contributed by atoms with Gasteiger partial charge in [-0.15, -0.1) is 0 Å². The summed E-state index contributed by atoms with van der Waals surface area (Å²) in [4.78, 5) is 24.8. The molecule has 2 aromatic rings. The molecule has 0 aliphatic heterocycles. The molecule has 0 fully saturated rings. The number of hydrogen-bond acceptors (Lipinski definition) is 6. The highest BCUT2D eigenvalue weighted by molar-refractivity contribution is 5.85. The van der Waals surface area contributed by atoms with E-state index in [9.17, 15) is 9.59 Å². The van der Waals surface area contributed by atoms with Crippen molar-refractivity contribution in [3.05, 3.63) is 59.7 Å². The highest BCUT2D eigenvalue weighted by atomic mass is 79.9. The lowest BCUT2D eigenvalue weighted by molar-refractivity contribution is -0.891. The van der Waals surface area contributed by atoms with Crippen LogP contribution in [0.4, 0.5) is 21.0 Å². The summed E-state index contributed by atoms with van der Waals surface area (Å²) in [7, 11) is 9.09. The van der Waals surface area contributed by atoms with Crippen LogP contribution in [0, 0.1) is 0 Å². The quantitative estimate of drug-likeness (QED) is 0.0507. The van der Waals surface area contributed by atoms with Crippen molar-refractivity contribution in [1.82, 2.24) is 0 Å². The van der Waals surface area contributed by atoms with Crippen LogP contribution in [0.5, 0.6) is 0 Å². The summed E-state index contributed by atoms with van der Waals surface area (Å²) >= 11 is 0. The number of amides is 2. The molecule has 0 radical (unpaired) electrons. The summed E-state index contributed by atoms with van der Waals surface area (Å²) in [6, 6.07) is 15.5. The zero-order valence-electron chi connectivity index (χ0n) is 46.3. The molecule has 2 N–H and O–H groups in total. The van der Waals surface area contributed by atoms with Crippen LogP contribution < -0.4 is 44.6 Å². The summed E-state index contributed by atoms with van der Waals surface area (Å²) in [6.07, 6.45) is 38.5. The van der Waals surface area contributed by atoms with Gasteiger partial charge in [-0.3, -0.25) is 10.6 Å². The zero-order valence-corrected chi connectivity index (χ0v) is 49.5. The molecule has 0 spiro atoms. The van der Waals surface area contributed by atoms with Gasteiger partial charge < -0.3 is 61.9 Å². The molecule has 0 aliphatic carbocycles. The molecule has 10 nitrogen and oxygen atoms in total. The second kappa shape index (κ2) is 46.3. The molecule has 12 heteroatoms. The van der Waals surface area contributed by atoms with Crippen LogP contribution in [0.2, 0.25) is 0 Å². The van der Waals surface area contributed by atoms with Crippen molar-refractivity contribution in [2.24, 2.45) is 0 Å². The first kappa shape index (κ1) is 68.8. The molecule has 0 bridgehead atoms. The average Bonchev–Trinajstić information content (AvgIpc) is 3.32. The van der Waals surface area contributed by atoms with Gasteiger partial charge in [-0.25, -0.2) is 9.59 Å². The number of benzene rings is 2. The number of carbonyl (C=O) groups excluding carboxylic acids is 2. The van der Waals surface area contributed by atoms with Gasteiger partial charge >= 0.3 is 12.2 Å². The van der Waals surface area contributed by atoms with Crippen LogP contribution in [-0.4, -0.2) is 115 Å². The molecule has 0 atom stereocenters. The lowest BCUT2D eigenvalue weighted by atomic mass is 10.0. The third kappa shape index (κ3) is 41.8. The maximum Gasteiger partial charge on any atom is 0.411 e. The number of nitrogens with one attached hydrogen (secondary N) is 2. The van der Waals surface area contributed by atoms with Gasteiger partial charge in [0, 0.05) is 11.4 Å². The maximum absolute atomic E-state index is 12.4. The Morgan fingerprint density at radius 2 is 0.634 bits per heavy atom. The van der Waals surface area contributed by atoms with Crippen molar-refractivity contribution in [2.75, 3.05) is 105 Å². The number of nitrogens with zero attached hydrogens (tertiary/aromatic N) is 2. The Labute approximate surface area is 456 Å². The van der Waals surface area contributed by atoms with E-state index in [0.29, 0.717) is 44.2 Å². The largest absolute Gasteiger partial charge is 1.00 e. The first-order chi connectivity index (χ1) is 33.5. The average molecular weight is 1130 g/mol. The molecular weight excluding hydrogens is 1020 g/mol. The van der Waals surface area contributed by atoms with Crippen molar-refractivity contribution >= 4 is 23.6 Å². The molecule has 0 heterocycles. The second-order valence-electron chi connectivity index (χ2n) is 21.3. The van der Waals surface area contributed by atoms with Gasteiger partial charge in [-0.2, -0.15) is 0 Å². The van der Waals surface area contributed by atoms with Crippen molar-refractivity contribution in [3.63, 3.8) is 0 Å². The summed E-state index contributed by atoms with van der Waals surface area (Å²) in [5.41, 5.74) is 3.55. The monoisotopic (exact) mass is 1120 g/mol. The molecule has 0 unspecified atom stereocenters. The summed E-state index contributed by atoms with van der Waals surface area (Å²) in [6.45, 7) is 11.3. The number of rotatable bonds is 46. The van der Waals surface area contributed by atoms with Crippen LogP contribution in [0.15, 0.2) is 48.5 Å². The molecule has 0 aliphatic rings. The van der Waals surface area contributed by atoms with E-state index >= 15 is 0 Å². The van der Waals surface area contributed by atoms with Crippen LogP contribution in [0.25, 0.3) is 0 Å². The van der Waals surface area contributed by atoms with E-state index in [1.165, 1.54) is 180 Å². The molecule has 2 amide bonds. The van der Waals surface area contributed by atoms with Gasteiger partial charge in [0.15, 0.2) is 0 Å². The van der Waals surface area contributed by atoms with E-state index < -0.39 is 12.2 Å². The smallest absolute Gasteiger partial charge is 0.411 e. The van der Waals surface area contributed by atoms with Crippen molar-refractivity contribution < 1.29 is 71.5 Å². The van der Waals surface area contributed by atoms with Crippen LogP contribution >= 0.6 is 0 Å². The Hall–Kier alpha value is -2.22. The number of carbonyl (C=O) groups is 2. The van der Waals surface area contributed by atoms with Crippen molar-refractivity contribution in [1.29, 1.82) is 0 Å². The minimum atomic E-state index is -0.487. The van der Waals surface area contributed by atoms with E-state index in [4.69, 9.17) is 18.9 Å². The predicted molar refractivity (Wildman–Crippen MR) is 292 cm³/mol. The fourth-order valence-corrected chi connectivity index (χ4v) is 8.86. The molecule has 2 aromatic carbocycles. The summed E-state index contributed by atoms with van der Waals surface area (Å²) in [5, 5.41) is 5.61. The first-order valence-electron chi connectivity index (χ1n) is 28.4. The zero-order chi connectivity index (χ0) is 49.9. The maximum atomic E-state index is 12.4. The third-order valence-electron chi connectivity index (χ3n) is 13.6. The normalized spacial score (nSPS) is 11.5. The minimum absolute atomic E-state index is 0. The van der Waals surface area contributed by atoms with Crippen molar-refractivity contribution in [3.8, 4) is 0 Å². The number of anilines is 2. The lowest BCUT2D eigenvalue weighted by Crippen LogP contribution is -3.00. The second-order valence-corrected chi connectivity index (χ2v) is 21.3. The van der Waals surface area contributed by atoms with Crippen LogP contribution in [-0.2, 0) is 25.4 Å². The molecule has 0 saturated heterocycles. The van der Waals surface area contributed by atoms with Gasteiger partial charge in [0.05, 0.1) is 67.7 Å². The highest BCUT2D eigenvalue weighted by Crippen LogP contribution is 2.18. The van der Waals surface area contributed by atoms with E-state index in [0.717, 1.165) is 46.3 Å². The fourth-order valence-electron chi connectivity index (χ4n) is 8.86. The number of likely N-dealkylation sites (N-methyl/N-ethyl adjacent to an activating group) is 2. The Kier molecular flexibility index (Phi) is 44.9. The Morgan fingerprint density at radius 3 is 0.915 bits per heavy atom. The van der Waals surface area contributed by atoms with Gasteiger partial charge in [0.25, 0.3) is 0 Å². The SMILES string of the molecule is CCCCCCCCCCCCCCCC[N+](C)(C)CCOCCOC(=O)Nc1ccc(Cc2ccc(NC(=O)OCCOCC[N+](C)(C)CCCCCCCCCCCCCCCC)cc2)cc1.[Br-].[Br-]. The van der Waals surface area contributed by atoms with E-state index in [-0.39, 0.29) is 47.2 Å². The van der Waals surface area contributed by atoms with Crippen LogP contribution in [0.3, 0.4) is 0 Å². The lowest BCUT2D eigenvalue weighted by Gasteiger charge is -2.29. The Bertz CT molecular complexity index is 1400. The van der Waals surface area contributed by atoms with Gasteiger partial charge in [-0.1, -0.05) is 192 Å². The molecule has 2 rings (SSSR count). The van der Waals surface area contributed by atoms with E-state index in [1.807, 2.05) is 48.5 Å². The van der Waals surface area contributed by atoms with Gasteiger partial charge in [0.2, 0.25) is 0 Å². The molecule has 71 heavy (non-hydrogen) atoms. The Balaban J connectivity index is 0.0000245. The van der Waals surface area contributed by atoms with Crippen molar-refractivity contribution in [2.45, 2.75) is 200 Å². The van der Waals surface area contributed by atoms with Gasteiger partial charge in [-0.05, 0) is 67.5 Å². The summed E-state index contributed by atoms with van der Waals surface area (Å²) in [5.74, 6) is 0. The molecule has 0 saturated carbocycles. The van der Waals surface area contributed by atoms with Crippen LogP contribution in [0.1, 0.15) is 205 Å². The van der Waals surface area contributed by atoms with Gasteiger partial charge in [0.1, 0.15) is 26.3 Å². The summed E-state index contributed by atoms with van der Waals surface area (Å²) < 4.78 is 24.2. The predicted octanol–water partition coefficient (Wildman–Crippen LogP) is 9.53. The number of hydrogen-bond donors (Lipinski definition) is 2. The molecular formula is C59H106Br2N4O6. The Morgan fingerprint density at radius 1 is 0.366 bits per heavy atom. The minimum Gasteiger partial charge on any atom is -1.00 e. The number of unbranched alkanes of at least 4 members (excludes halogenated alkanes) is 26. The number of halogens is 2. The third-order valence-corrected chi connectivity index (χ3v) is 13.6. The van der Waals surface area contributed by atoms with E-state index in [1.54, 1.807) is 0 Å². The number of ether oxygens (including phenoxy) is 4. The number of quaternary nitrogens is 2. The first-order valence-corrected chi connectivity index (χ1v) is 28.4. The molecule has 412 valence electrons. The van der Waals surface area contributed by atoms with E-state index in [2.05, 4.69) is 52.7 Å². The standard InChI is InChI=1S/C59H104N4O6.2BrH/c1-7-9-11-13-15-17-19-21-23-25-27-29-31-33-43-62(3,4)45-47-66-49-51-68-58(64)60-56-39-35-54(36-40-56)53-55-37-41-57(42-38-55)61-59(65)69-52-50-67-48-46-63(5,6)44-34-32-30-28-26-24-22-20-18-16-14-12-10-8-2;;/h35-42H,7-34,43-53H2,1-6H3;2*1H. The highest BCUT2D eigenvalue weighted by Gasteiger charge is 2.16.